The Morgan fingerprint density at radius 1 is 1.43 bits per heavy atom. The number of aromatic nitrogens is 4. The second kappa shape index (κ2) is 6.50. The zero-order valence-electron chi connectivity index (χ0n) is 11.2. The van der Waals surface area contributed by atoms with Crippen LogP contribution >= 0.6 is 0 Å². The van der Waals surface area contributed by atoms with Crippen molar-refractivity contribution in [1.29, 1.82) is 0 Å². The first-order valence-electron chi connectivity index (χ1n) is 6.10. The van der Waals surface area contributed by atoms with Gasteiger partial charge in [-0.2, -0.15) is 4.98 Å². The van der Waals surface area contributed by atoms with E-state index in [0.29, 0.717) is 24.8 Å². The summed E-state index contributed by atoms with van der Waals surface area (Å²) >= 11 is 0. The van der Waals surface area contributed by atoms with Crippen LogP contribution in [0.1, 0.15) is 22.2 Å². The average molecular weight is 294 g/mol. The second-order valence-corrected chi connectivity index (χ2v) is 4.14. The minimum absolute atomic E-state index is 0.0353. The molecule has 0 bridgehead atoms. The number of rotatable bonds is 6. The van der Waals surface area contributed by atoms with Crippen molar-refractivity contribution in [1.82, 2.24) is 30.3 Å². The van der Waals surface area contributed by atoms with Gasteiger partial charge in [-0.05, 0) is 0 Å². The summed E-state index contributed by atoms with van der Waals surface area (Å²) < 4.78 is 6.34. The molecule has 0 saturated carbocycles. The molecule has 0 saturated heterocycles. The summed E-state index contributed by atoms with van der Waals surface area (Å²) in [5, 5.41) is 17.5. The van der Waals surface area contributed by atoms with Crippen LogP contribution in [-0.2, 0) is 13.1 Å². The van der Waals surface area contributed by atoms with Crippen molar-refractivity contribution in [3.8, 4) is 0 Å². The van der Waals surface area contributed by atoms with Gasteiger partial charge in [0.1, 0.15) is 0 Å². The van der Waals surface area contributed by atoms with Crippen molar-refractivity contribution in [2.24, 2.45) is 0 Å². The maximum atomic E-state index is 11.5. The SMILES string of the molecule is Cc1nc(CNC(=O)NCCn2cnc(C(=O)O)c2)no1. The van der Waals surface area contributed by atoms with Crippen LogP contribution in [0.2, 0.25) is 0 Å². The Hall–Kier alpha value is -2.91. The molecule has 10 nitrogen and oxygen atoms in total. The lowest BCUT2D eigenvalue weighted by Crippen LogP contribution is -2.36. The molecule has 112 valence electrons. The number of amides is 2. The summed E-state index contributed by atoms with van der Waals surface area (Å²) in [6.45, 7) is 2.56. The smallest absolute Gasteiger partial charge is 0.356 e. The molecule has 0 aromatic carbocycles. The molecule has 0 atom stereocenters. The van der Waals surface area contributed by atoms with E-state index in [9.17, 15) is 9.59 Å². The molecule has 2 aromatic heterocycles. The van der Waals surface area contributed by atoms with Gasteiger partial charge in [-0.15, -0.1) is 0 Å². The number of hydrogen-bond acceptors (Lipinski definition) is 6. The Morgan fingerprint density at radius 3 is 2.86 bits per heavy atom. The molecular weight excluding hydrogens is 280 g/mol. The molecule has 2 rings (SSSR count). The van der Waals surface area contributed by atoms with Crippen molar-refractivity contribution in [2.75, 3.05) is 6.54 Å². The van der Waals surface area contributed by atoms with E-state index in [4.69, 9.17) is 9.63 Å². The highest BCUT2D eigenvalue weighted by molar-refractivity contribution is 5.84. The maximum absolute atomic E-state index is 11.5. The number of nitrogens with one attached hydrogen (secondary N) is 2. The third-order valence-corrected chi connectivity index (χ3v) is 2.48. The number of carboxylic acids is 1. The zero-order chi connectivity index (χ0) is 15.2. The highest BCUT2D eigenvalue weighted by Crippen LogP contribution is 1.95. The van der Waals surface area contributed by atoms with Crippen LogP contribution in [0.25, 0.3) is 0 Å². The number of carboxylic acid groups (broad SMARTS) is 1. The van der Waals surface area contributed by atoms with E-state index in [-0.39, 0.29) is 18.3 Å². The van der Waals surface area contributed by atoms with Gasteiger partial charge in [-0.3, -0.25) is 0 Å². The number of hydrogen-bond donors (Lipinski definition) is 3. The molecule has 0 fully saturated rings. The number of urea groups is 1. The van der Waals surface area contributed by atoms with Crippen molar-refractivity contribution < 1.29 is 19.2 Å². The Balaban J connectivity index is 1.67. The highest BCUT2D eigenvalue weighted by atomic mass is 16.5. The molecule has 0 aliphatic rings. The number of aromatic carboxylic acids is 1. The fraction of sp³-hybridized carbons (Fsp3) is 0.364. The predicted molar refractivity (Wildman–Crippen MR) is 68.5 cm³/mol. The first-order valence-corrected chi connectivity index (χ1v) is 6.10. The van der Waals surface area contributed by atoms with E-state index >= 15 is 0 Å². The summed E-state index contributed by atoms with van der Waals surface area (Å²) in [5.74, 6) is -0.264. The number of aryl methyl sites for hydroxylation is 1. The maximum Gasteiger partial charge on any atom is 0.356 e. The molecule has 3 N–H and O–H groups in total. The standard InChI is InChI=1S/C11H14N6O4/c1-7-15-9(16-21-7)4-13-11(20)12-2-3-17-5-8(10(18)19)14-6-17/h5-6H,2-4H2,1H3,(H,18,19)(H2,12,13,20). The molecule has 0 spiro atoms. The summed E-state index contributed by atoms with van der Waals surface area (Å²) in [4.78, 5) is 29.8. The second-order valence-electron chi connectivity index (χ2n) is 4.14. The molecule has 0 radical (unpaired) electrons. The fourth-order valence-corrected chi connectivity index (χ4v) is 1.53. The third kappa shape index (κ3) is 4.30. The van der Waals surface area contributed by atoms with Crippen molar-refractivity contribution in [3.05, 3.63) is 29.9 Å². The summed E-state index contributed by atoms with van der Waals surface area (Å²) in [7, 11) is 0. The number of carbonyl (C=O) groups excluding carboxylic acids is 1. The van der Waals surface area contributed by atoms with Gasteiger partial charge in [0.2, 0.25) is 5.89 Å². The monoisotopic (exact) mass is 294 g/mol. The molecule has 0 unspecified atom stereocenters. The van der Waals surface area contributed by atoms with E-state index in [1.807, 2.05) is 0 Å². The normalized spacial score (nSPS) is 10.3. The minimum atomic E-state index is -1.09. The van der Waals surface area contributed by atoms with E-state index in [2.05, 4.69) is 25.8 Å². The van der Waals surface area contributed by atoms with Gasteiger partial charge in [0.25, 0.3) is 0 Å². The van der Waals surface area contributed by atoms with Gasteiger partial charge in [-0.25, -0.2) is 14.6 Å². The lowest BCUT2D eigenvalue weighted by molar-refractivity contribution is 0.0691. The van der Waals surface area contributed by atoms with Gasteiger partial charge in [0, 0.05) is 26.2 Å². The molecule has 10 heteroatoms. The van der Waals surface area contributed by atoms with Gasteiger partial charge in [0.05, 0.1) is 12.9 Å². The van der Waals surface area contributed by atoms with E-state index in [1.54, 1.807) is 11.5 Å². The van der Waals surface area contributed by atoms with Crippen LogP contribution in [-0.4, -0.2) is 43.3 Å². The first-order chi connectivity index (χ1) is 10.0. The Labute approximate surface area is 119 Å². The lowest BCUT2D eigenvalue weighted by Gasteiger charge is -2.06. The van der Waals surface area contributed by atoms with Crippen molar-refractivity contribution in [3.63, 3.8) is 0 Å². The topological polar surface area (TPSA) is 135 Å². The van der Waals surface area contributed by atoms with E-state index < -0.39 is 5.97 Å². The summed E-state index contributed by atoms with van der Waals surface area (Å²) in [6, 6.07) is -0.379. The van der Waals surface area contributed by atoms with Gasteiger partial charge in [0.15, 0.2) is 11.5 Å². The van der Waals surface area contributed by atoms with Gasteiger partial charge >= 0.3 is 12.0 Å². The number of imidazole rings is 1. The molecule has 2 heterocycles. The van der Waals surface area contributed by atoms with Crippen LogP contribution < -0.4 is 10.6 Å². The Bertz CT molecular complexity index is 634. The van der Waals surface area contributed by atoms with Crippen molar-refractivity contribution in [2.45, 2.75) is 20.0 Å². The predicted octanol–water partition coefficient (Wildman–Crippen LogP) is -0.228. The Morgan fingerprint density at radius 2 is 2.24 bits per heavy atom. The molecule has 21 heavy (non-hydrogen) atoms. The quantitative estimate of drug-likeness (QED) is 0.669. The zero-order valence-corrected chi connectivity index (χ0v) is 11.2. The van der Waals surface area contributed by atoms with Gasteiger partial charge < -0.3 is 24.8 Å². The molecule has 0 aliphatic carbocycles. The van der Waals surface area contributed by atoms with E-state index in [1.165, 1.54) is 12.5 Å². The summed E-state index contributed by atoms with van der Waals surface area (Å²) in [5.41, 5.74) is -0.0353. The molecule has 2 amide bonds. The van der Waals surface area contributed by atoms with Crippen LogP contribution in [0.3, 0.4) is 0 Å². The minimum Gasteiger partial charge on any atom is -0.476 e. The molecular formula is C11H14N6O4. The Kier molecular flexibility index (Phi) is 4.49. The van der Waals surface area contributed by atoms with E-state index in [0.717, 1.165) is 0 Å². The van der Waals surface area contributed by atoms with Crippen LogP contribution in [0.5, 0.6) is 0 Å². The fourth-order valence-electron chi connectivity index (χ4n) is 1.53. The van der Waals surface area contributed by atoms with Crippen LogP contribution in [0.4, 0.5) is 4.79 Å². The van der Waals surface area contributed by atoms with Crippen LogP contribution in [0.15, 0.2) is 17.0 Å². The summed E-state index contributed by atoms with van der Waals surface area (Å²) in [6.07, 6.45) is 2.79. The van der Waals surface area contributed by atoms with Crippen LogP contribution in [0, 0.1) is 6.92 Å². The number of carbonyl (C=O) groups is 2. The lowest BCUT2D eigenvalue weighted by atomic mass is 10.5. The van der Waals surface area contributed by atoms with Gasteiger partial charge in [-0.1, -0.05) is 5.16 Å². The average Bonchev–Trinajstić information content (AvgIpc) is 3.05. The highest BCUT2D eigenvalue weighted by Gasteiger charge is 2.07. The third-order valence-electron chi connectivity index (χ3n) is 2.48. The van der Waals surface area contributed by atoms with Crippen molar-refractivity contribution >= 4 is 12.0 Å². The largest absolute Gasteiger partial charge is 0.476 e. The molecule has 0 aliphatic heterocycles. The molecule has 2 aromatic rings. The first kappa shape index (κ1) is 14.5. The number of nitrogens with zero attached hydrogens (tertiary/aromatic N) is 4.